The summed E-state index contributed by atoms with van der Waals surface area (Å²) < 4.78 is 1.04. The Morgan fingerprint density at radius 3 is 2.67 bits per heavy atom. The number of thiophene rings is 1. The maximum atomic E-state index is 11.7. The second-order valence-electron chi connectivity index (χ2n) is 4.63. The lowest BCUT2D eigenvalue weighted by Crippen LogP contribution is -2.18. The van der Waals surface area contributed by atoms with Crippen LogP contribution in [0.25, 0.3) is 0 Å². The molecule has 21 heavy (non-hydrogen) atoms. The lowest BCUT2D eigenvalue weighted by molar-refractivity contribution is -0.384. The number of halogens is 1. The van der Waals surface area contributed by atoms with Gasteiger partial charge in [-0.15, -0.1) is 11.3 Å². The third kappa shape index (κ3) is 3.68. The zero-order chi connectivity index (χ0) is 15.6. The van der Waals surface area contributed by atoms with Crippen molar-refractivity contribution < 1.29 is 9.72 Å². The van der Waals surface area contributed by atoms with Gasteiger partial charge in [-0.1, -0.05) is 0 Å². The molecule has 0 saturated heterocycles. The van der Waals surface area contributed by atoms with Crippen molar-refractivity contribution in [2.45, 2.75) is 13.5 Å². The second kappa shape index (κ2) is 6.36. The largest absolute Gasteiger partial charge is 0.370 e. The Bertz CT molecular complexity index is 699. The molecule has 0 aliphatic heterocycles. The Morgan fingerprint density at radius 2 is 2.14 bits per heavy atom. The molecule has 0 aliphatic rings. The minimum atomic E-state index is -0.494. The van der Waals surface area contributed by atoms with Crippen LogP contribution in [-0.2, 0) is 6.54 Å². The van der Waals surface area contributed by atoms with Gasteiger partial charge in [-0.05, 0) is 45.9 Å². The molecule has 0 amide bonds. The summed E-state index contributed by atoms with van der Waals surface area (Å²) in [6.45, 7) is 2.04. The van der Waals surface area contributed by atoms with Crippen molar-refractivity contribution in [2.24, 2.45) is 0 Å². The fraction of sp³-hybridized carbons (Fsp3) is 0.214. The van der Waals surface area contributed by atoms with E-state index in [0.29, 0.717) is 17.8 Å². The zero-order valence-corrected chi connectivity index (χ0v) is 13.9. The highest BCUT2D eigenvalue weighted by Gasteiger charge is 2.16. The highest BCUT2D eigenvalue weighted by atomic mass is 79.9. The molecule has 1 heterocycles. The van der Waals surface area contributed by atoms with E-state index in [9.17, 15) is 14.9 Å². The SMILES string of the molecule is CC(=O)c1cc([N+](=O)[O-])ccc1N(C)Cc1csc(Br)c1. The summed E-state index contributed by atoms with van der Waals surface area (Å²) in [4.78, 5) is 24.0. The monoisotopic (exact) mass is 368 g/mol. The number of ketones is 1. The molecule has 1 aromatic carbocycles. The van der Waals surface area contributed by atoms with E-state index < -0.39 is 4.92 Å². The van der Waals surface area contributed by atoms with Crippen LogP contribution >= 0.6 is 27.3 Å². The number of benzene rings is 1. The van der Waals surface area contributed by atoms with Crippen molar-refractivity contribution in [3.8, 4) is 0 Å². The topological polar surface area (TPSA) is 63.4 Å². The molecular weight excluding hydrogens is 356 g/mol. The first kappa shape index (κ1) is 15.7. The summed E-state index contributed by atoms with van der Waals surface area (Å²) in [6, 6.07) is 6.38. The minimum absolute atomic E-state index is 0.0735. The fourth-order valence-corrected chi connectivity index (χ4v) is 3.24. The average molecular weight is 369 g/mol. The summed E-state index contributed by atoms with van der Waals surface area (Å²) >= 11 is 5.00. The number of non-ortho nitro benzene ring substituents is 1. The number of rotatable bonds is 5. The van der Waals surface area contributed by atoms with Crippen molar-refractivity contribution in [1.29, 1.82) is 0 Å². The molecule has 0 spiro atoms. The van der Waals surface area contributed by atoms with Gasteiger partial charge in [-0.2, -0.15) is 0 Å². The van der Waals surface area contributed by atoms with E-state index >= 15 is 0 Å². The van der Waals surface area contributed by atoms with E-state index in [1.807, 2.05) is 23.4 Å². The van der Waals surface area contributed by atoms with Gasteiger partial charge in [0.15, 0.2) is 5.78 Å². The second-order valence-corrected chi connectivity index (χ2v) is 6.92. The molecule has 0 fully saturated rings. The molecular formula is C14H13BrN2O3S. The quantitative estimate of drug-likeness (QED) is 0.449. The van der Waals surface area contributed by atoms with Crippen LogP contribution in [0.15, 0.2) is 33.4 Å². The van der Waals surface area contributed by atoms with Crippen LogP contribution in [-0.4, -0.2) is 17.8 Å². The molecule has 5 nitrogen and oxygen atoms in total. The van der Waals surface area contributed by atoms with E-state index in [-0.39, 0.29) is 11.5 Å². The summed E-state index contributed by atoms with van der Waals surface area (Å²) in [7, 11) is 1.86. The molecule has 0 saturated carbocycles. The molecule has 0 radical (unpaired) electrons. The van der Waals surface area contributed by atoms with Crippen LogP contribution in [0.4, 0.5) is 11.4 Å². The Labute approximate surface area is 134 Å². The van der Waals surface area contributed by atoms with Gasteiger partial charge in [0.1, 0.15) is 0 Å². The maximum Gasteiger partial charge on any atom is 0.270 e. The molecule has 0 atom stereocenters. The van der Waals surface area contributed by atoms with E-state index in [1.54, 1.807) is 17.4 Å². The van der Waals surface area contributed by atoms with Crippen molar-refractivity contribution in [3.63, 3.8) is 0 Å². The van der Waals surface area contributed by atoms with Gasteiger partial charge in [-0.25, -0.2) is 0 Å². The molecule has 2 aromatic rings. The van der Waals surface area contributed by atoms with Gasteiger partial charge in [0.2, 0.25) is 0 Å². The number of nitrogens with zero attached hydrogens (tertiary/aromatic N) is 2. The van der Waals surface area contributed by atoms with Crippen molar-refractivity contribution >= 4 is 44.4 Å². The first-order valence-electron chi connectivity index (χ1n) is 6.12. The Kier molecular flexibility index (Phi) is 4.74. The molecule has 0 N–H and O–H groups in total. The van der Waals surface area contributed by atoms with Crippen LogP contribution in [0.5, 0.6) is 0 Å². The zero-order valence-electron chi connectivity index (χ0n) is 11.5. The minimum Gasteiger partial charge on any atom is -0.370 e. The summed E-state index contributed by atoms with van der Waals surface area (Å²) in [6.07, 6.45) is 0. The maximum absolute atomic E-state index is 11.7. The third-order valence-corrected chi connectivity index (χ3v) is 4.58. The predicted octanol–water partition coefficient (Wildman–Crippen LogP) is 4.26. The molecule has 7 heteroatoms. The smallest absolute Gasteiger partial charge is 0.270 e. The van der Waals surface area contributed by atoms with E-state index in [2.05, 4.69) is 15.9 Å². The molecule has 2 rings (SSSR count). The van der Waals surface area contributed by atoms with Gasteiger partial charge < -0.3 is 4.90 Å². The van der Waals surface area contributed by atoms with Crippen LogP contribution in [0.1, 0.15) is 22.8 Å². The van der Waals surface area contributed by atoms with Crippen molar-refractivity contribution in [1.82, 2.24) is 0 Å². The fourth-order valence-electron chi connectivity index (χ4n) is 2.04. The van der Waals surface area contributed by atoms with E-state index in [0.717, 1.165) is 9.35 Å². The van der Waals surface area contributed by atoms with Gasteiger partial charge in [0.25, 0.3) is 5.69 Å². The van der Waals surface area contributed by atoms with Crippen LogP contribution in [0.2, 0.25) is 0 Å². The van der Waals surface area contributed by atoms with Gasteiger partial charge >= 0.3 is 0 Å². The standard InChI is InChI=1S/C14H13BrN2O3S/c1-9(18)12-6-11(17(19)20)3-4-13(12)16(2)7-10-5-14(15)21-8-10/h3-6,8H,7H2,1-2H3. The Hall–Kier alpha value is -1.73. The first-order chi connectivity index (χ1) is 9.88. The average Bonchev–Trinajstić information content (AvgIpc) is 2.83. The molecule has 0 unspecified atom stereocenters. The number of carbonyl (C=O) groups excluding carboxylic acids is 1. The summed E-state index contributed by atoms with van der Waals surface area (Å²) in [5.74, 6) is -0.188. The number of anilines is 1. The van der Waals surface area contributed by atoms with Gasteiger partial charge in [-0.3, -0.25) is 14.9 Å². The first-order valence-corrected chi connectivity index (χ1v) is 7.79. The highest BCUT2D eigenvalue weighted by molar-refractivity contribution is 9.11. The van der Waals surface area contributed by atoms with Crippen molar-refractivity contribution in [3.05, 3.63) is 54.7 Å². The number of carbonyl (C=O) groups is 1. The predicted molar refractivity (Wildman–Crippen MR) is 87.2 cm³/mol. The molecule has 1 aromatic heterocycles. The summed E-state index contributed by atoms with van der Waals surface area (Å²) in [5, 5.41) is 12.9. The number of nitro benzene ring substituents is 1. The number of nitro groups is 1. The van der Waals surface area contributed by atoms with Gasteiger partial charge in [0, 0.05) is 37.0 Å². The Morgan fingerprint density at radius 1 is 1.43 bits per heavy atom. The molecule has 0 bridgehead atoms. The lowest BCUT2D eigenvalue weighted by atomic mass is 10.1. The number of hydrogen-bond donors (Lipinski definition) is 0. The number of hydrogen-bond acceptors (Lipinski definition) is 5. The van der Waals surface area contributed by atoms with Gasteiger partial charge in [0.05, 0.1) is 8.71 Å². The summed E-state index contributed by atoms with van der Waals surface area (Å²) in [5.41, 5.74) is 2.09. The van der Waals surface area contributed by atoms with E-state index in [4.69, 9.17) is 0 Å². The van der Waals surface area contributed by atoms with Crippen LogP contribution < -0.4 is 4.90 Å². The molecule has 0 aliphatic carbocycles. The number of Topliss-reactive ketones (excluding diaryl/α,β-unsaturated/α-hetero) is 1. The van der Waals surface area contributed by atoms with Crippen LogP contribution in [0.3, 0.4) is 0 Å². The lowest BCUT2D eigenvalue weighted by Gasteiger charge is -2.21. The van der Waals surface area contributed by atoms with Crippen LogP contribution in [0, 0.1) is 10.1 Å². The highest BCUT2D eigenvalue weighted by Crippen LogP contribution is 2.28. The normalized spacial score (nSPS) is 10.4. The molecule has 110 valence electrons. The third-order valence-electron chi connectivity index (χ3n) is 3.02. The van der Waals surface area contributed by atoms with Crippen molar-refractivity contribution in [2.75, 3.05) is 11.9 Å². The Balaban J connectivity index is 2.33. The van der Waals surface area contributed by atoms with E-state index in [1.165, 1.54) is 19.1 Å².